The fraction of sp³-hybridized carbons (Fsp3) is 0.711. The molecule has 2 aromatic rings. The molecule has 0 heterocycles. The molecule has 0 aliphatic heterocycles. The van der Waals surface area contributed by atoms with Crippen LogP contribution in [0.5, 0.6) is 0 Å². The van der Waals surface area contributed by atoms with Gasteiger partial charge in [0.05, 0.1) is 9.79 Å². The van der Waals surface area contributed by atoms with Gasteiger partial charge in [-0.15, -0.1) is 0 Å². The Morgan fingerprint density at radius 2 is 0.691 bits per heavy atom. The zero-order valence-electron chi connectivity index (χ0n) is 34.5. The first-order chi connectivity index (χ1) is 26.7. The molecule has 312 valence electrons. The van der Waals surface area contributed by atoms with Gasteiger partial charge in [-0.1, -0.05) is 198 Å². The molecule has 3 rings (SSSR count). The van der Waals surface area contributed by atoms with Crippen molar-refractivity contribution in [3.05, 3.63) is 47.5 Å². The number of nitrogens with one attached hydrogen (secondary N) is 2. The van der Waals surface area contributed by atoms with Crippen LogP contribution < -0.4 is 9.44 Å². The maximum absolute atomic E-state index is 13.2. The summed E-state index contributed by atoms with van der Waals surface area (Å²) in [5.74, 6) is 0. The normalized spacial score (nSPS) is 12.7. The van der Waals surface area contributed by atoms with Crippen molar-refractivity contribution in [1.29, 1.82) is 0 Å². The van der Waals surface area contributed by atoms with E-state index in [1.165, 1.54) is 153 Å². The second-order valence-electron chi connectivity index (χ2n) is 15.9. The molecular weight excluding hydrogens is 727 g/mol. The number of oxime groups is 1. The summed E-state index contributed by atoms with van der Waals surface area (Å²) < 4.78 is 58.3. The van der Waals surface area contributed by atoms with Gasteiger partial charge >= 0.3 is 0 Å². The fourth-order valence-corrected chi connectivity index (χ4v) is 9.91. The fourth-order valence-electron chi connectivity index (χ4n) is 7.71. The van der Waals surface area contributed by atoms with Gasteiger partial charge < -0.3 is 5.21 Å². The molecule has 0 fully saturated rings. The summed E-state index contributed by atoms with van der Waals surface area (Å²) in [5.41, 5.74) is 2.49. The number of hydrogen-bond acceptors (Lipinski definition) is 6. The average molecular weight is 802 g/mol. The average Bonchev–Trinajstić information content (AvgIpc) is 3.50. The minimum Gasteiger partial charge on any atom is -0.410 e. The van der Waals surface area contributed by atoms with E-state index in [9.17, 15) is 22.0 Å². The van der Waals surface area contributed by atoms with Crippen LogP contribution in [0.2, 0.25) is 0 Å². The van der Waals surface area contributed by atoms with E-state index in [0.717, 1.165) is 38.5 Å². The van der Waals surface area contributed by atoms with Crippen LogP contribution >= 0.6 is 0 Å². The second kappa shape index (κ2) is 27.4. The highest BCUT2D eigenvalue weighted by Gasteiger charge is 2.29. The van der Waals surface area contributed by atoms with Crippen molar-refractivity contribution in [2.45, 2.75) is 203 Å². The number of nitrogens with zero attached hydrogens (tertiary/aromatic N) is 1. The first kappa shape index (κ1) is 47.1. The molecule has 0 saturated carbocycles. The van der Waals surface area contributed by atoms with Crippen molar-refractivity contribution < 1.29 is 22.0 Å². The van der Waals surface area contributed by atoms with Gasteiger partial charge in [-0.25, -0.2) is 26.3 Å². The van der Waals surface area contributed by atoms with E-state index < -0.39 is 20.0 Å². The first-order valence-electron chi connectivity index (χ1n) is 22.3. The zero-order chi connectivity index (χ0) is 39.6. The van der Waals surface area contributed by atoms with E-state index in [2.05, 4.69) is 28.4 Å². The molecular formula is C45H75N3O5S2. The lowest BCUT2D eigenvalue weighted by Gasteiger charge is -2.09. The molecule has 1 aliphatic carbocycles. The molecule has 10 heteroatoms. The Bertz CT molecular complexity index is 1490. The number of benzene rings is 2. The van der Waals surface area contributed by atoms with Crippen LogP contribution in [-0.2, 0) is 20.0 Å². The van der Waals surface area contributed by atoms with Crippen LogP contribution in [0, 0.1) is 0 Å². The SMILES string of the molecule is CCCCCCCCCCCCCCCCNS(=O)(=O)c1ccc2c(c1)C(=NO)c1cc(S(=O)(=O)NCCCCCCCCCCCCCCCC)ccc1-2. The topological polar surface area (TPSA) is 125 Å². The Balaban J connectivity index is 1.35. The minimum atomic E-state index is -3.77. The monoisotopic (exact) mass is 802 g/mol. The number of hydrogen-bond donors (Lipinski definition) is 3. The van der Waals surface area contributed by atoms with E-state index in [0.29, 0.717) is 35.3 Å². The maximum atomic E-state index is 13.2. The highest BCUT2D eigenvalue weighted by atomic mass is 32.2. The summed E-state index contributed by atoms with van der Waals surface area (Å²) in [6.07, 6.45) is 34.8. The van der Waals surface area contributed by atoms with Crippen LogP contribution in [0.15, 0.2) is 51.3 Å². The minimum absolute atomic E-state index is 0.0910. The second-order valence-corrected chi connectivity index (χ2v) is 19.4. The third kappa shape index (κ3) is 17.4. The summed E-state index contributed by atoms with van der Waals surface area (Å²) in [6.45, 7) is 5.25. The molecule has 0 unspecified atom stereocenters. The van der Waals surface area contributed by atoms with Crippen molar-refractivity contribution in [1.82, 2.24) is 9.44 Å². The van der Waals surface area contributed by atoms with E-state index in [1.807, 2.05) is 0 Å². The van der Waals surface area contributed by atoms with Crippen molar-refractivity contribution in [2.24, 2.45) is 5.16 Å². The third-order valence-electron chi connectivity index (χ3n) is 11.1. The molecule has 3 N–H and O–H groups in total. The molecule has 2 aromatic carbocycles. The summed E-state index contributed by atoms with van der Waals surface area (Å²) in [4.78, 5) is 0.182. The number of fused-ring (bicyclic) bond motifs is 3. The van der Waals surface area contributed by atoms with Gasteiger partial charge in [0.25, 0.3) is 0 Å². The van der Waals surface area contributed by atoms with Gasteiger partial charge in [0.15, 0.2) is 0 Å². The predicted octanol–water partition coefficient (Wildman–Crippen LogP) is 12.4. The molecule has 0 aromatic heterocycles. The largest absolute Gasteiger partial charge is 0.410 e. The quantitative estimate of drug-likeness (QED) is 0.0315. The van der Waals surface area contributed by atoms with E-state index in [4.69, 9.17) is 0 Å². The van der Waals surface area contributed by atoms with Gasteiger partial charge in [0, 0.05) is 24.2 Å². The molecule has 0 bridgehead atoms. The molecule has 0 amide bonds. The van der Waals surface area contributed by atoms with E-state index in [1.54, 1.807) is 24.3 Å². The highest BCUT2D eigenvalue weighted by molar-refractivity contribution is 7.89. The van der Waals surface area contributed by atoms with Gasteiger partial charge in [-0.05, 0) is 48.2 Å². The molecule has 8 nitrogen and oxygen atoms in total. The Kier molecular flexibility index (Phi) is 23.5. The lowest BCUT2D eigenvalue weighted by atomic mass is 10.0. The lowest BCUT2D eigenvalue weighted by Crippen LogP contribution is -2.25. The predicted molar refractivity (Wildman–Crippen MR) is 230 cm³/mol. The van der Waals surface area contributed by atoms with Crippen molar-refractivity contribution in [2.75, 3.05) is 13.1 Å². The Morgan fingerprint density at radius 3 is 0.964 bits per heavy atom. The van der Waals surface area contributed by atoms with Crippen molar-refractivity contribution in [3.63, 3.8) is 0 Å². The van der Waals surface area contributed by atoms with Crippen LogP contribution in [-0.4, -0.2) is 40.8 Å². The van der Waals surface area contributed by atoms with Gasteiger partial charge in [0.2, 0.25) is 20.0 Å². The van der Waals surface area contributed by atoms with Crippen LogP contribution in [0.25, 0.3) is 11.1 Å². The van der Waals surface area contributed by atoms with E-state index in [-0.39, 0.29) is 15.5 Å². The summed E-state index contributed by atoms with van der Waals surface area (Å²) in [5, 5.41) is 13.5. The van der Waals surface area contributed by atoms with Crippen molar-refractivity contribution in [3.8, 4) is 11.1 Å². The molecule has 0 atom stereocenters. The molecule has 1 aliphatic rings. The lowest BCUT2D eigenvalue weighted by molar-refractivity contribution is 0.320. The highest BCUT2D eigenvalue weighted by Crippen LogP contribution is 2.39. The van der Waals surface area contributed by atoms with Crippen LogP contribution in [0.1, 0.15) is 205 Å². The zero-order valence-corrected chi connectivity index (χ0v) is 36.2. The van der Waals surface area contributed by atoms with Crippen LogP contribution in [0.4, 0.5) is 0 Å². The molecule has 55 heavy (non-hydrogen) atoms. The van der Waals surface area contributed by atoms with Crippen molar-refractivity contribution >= 4 is 25.8 Å². The summed E-state index contributed by atoms with van der Waals surface area (Å²) in [7, 11) is -7.54. The third-order valence-corrected chi connectivity index (χ3v) is 14.1. The number of sulfonamides is 2. The maximum Gasteiger partial charge on any atom is 0.240 e. The standard InChI is InChI=1S/C45H75N3O5S2/c1-3-5-7-9-11-13-15-17-19-21-23-25-27-29-35-46-54(50,51)39-31-33-41-42-34-32-40(38-44(42)45(48-49)43(41)37-39)55(52,53)47-36-30-28-26-24-22-20-18-16-14-12-10-8-6-4-2/h31-34,37-38,46-47,49H,3-30,35-36H2,1-2H3. The first-order valence-corrected chi connectivity index (χ1v) is 25.2. The summed E-state index contributed by atoms with van der Waals surface area (Å²) in [6, 6.07) is 9.54. The number of unbranched alkanes of at least 4 members (excludes halogenated alkanes) is 26. The van der Waals surface area contributed by atoms with Gasteiger partial charge in [-0.2, -0.15) is 0 Å². The smallest absolute Gasteiger partial charge is 0.240 e. The molecule has 0 radical (unpaired) electrons. The Hall–Kier alpha value is -2.27. The molecule has 0 saturated heterocycles. The van der Waals surface area contributed by atoms with Crippen LogP contribution in [0.3, 0.4) is 0 Å². The summed E-state index contributed by atoms with van der Waals surface area (Å²) >= 11 is 0. The number of rotatable bonds is 34. The Morgan fingerprint density at radius 1 is 0.418 bits per heavy atom. The Labute approximate surface area is 336 Å². The molecule has 0 spiro atoms. The van der Waals surface area contributed by atoms with Gasteiger partial charge in [-0.3, -0.25) is 0 Å². The van der Waals surface area contributed by atoms with Gasteiger partial charge in [0.1, 0.15) is 5.71 Å². The van der Waals surface area contributed by atoms with E-state index >= 15 is 0 Å².